The predicted octanol–water partition coefficient (Wildman–Crippen LogP) is 3.97. The topological polar surface area (TPSA) is 99.7 Å². The van der Waals surface area contributed by atoms with Gasteiger partial charge in [0.15, 0.2) is 5.82 Å². The number of halogens is 1. The minimum Gasteiger partial charge on any atom is -0.378 e. The average Bonchev–Trinajstić information content (AvgIpc) is 2.93. The van der Waals surface area contributed by atoms with E-state index in [1.165, 1.54) is 0 Å². The highest BCUT2D eigenvalue weighted by Gasteiger charge is 2.29. The van der Waals surface area contributed by atoms with Crippen molar-refractivity contribution in [3.8, 4) is 11.4 Å². The molecule has 3 heterocycles. The summed E-state index contributed by atoms with van der Waals surface area (Å²) in [5.41, 5.74) is 4.10. The number of benzene rings is 2. The summed E-state index contributed by atoms with van der Waals surface area (Å²) >= 11 is 6.01. The molecule has 192 valence electrons. The van der Waals surface area contributed by atoms with E-state index in [0.717, 1.165) is 35.7 Å². The lowest BCUT2D eigenvalue weighted by atomic mass is 10.0. The van der Waals surface area contributed by atoms with Crippen LogP contribution in [0.1, 0.15) is 28.5 Å². The van der Waals surface area contributed by atoms with Crippen LogP contribution in [0.2, 0.25) is 5.02 Å². The van der Waals surface area contributed by atoms with E-state index >= 15 is 0 Å². The number of aromatic nitrogens is 2. The number of urea groups is 1. The number of carbonyl (C=O) groups is 2. The molecule has 1 fully saturated rings. The largest absolute Gasteiger partial charge is 0.378 e. The number of rotatable bonds is 5. The molecule has 0 radical (unpaired) electrons. The van der Waals surface area contributed by atoms with E-state index in [-0.39, 0.29) is 11.9 Å². The molecular formula is C27H29ClN6O3. The van der Waals surface area contributed by atoms with E-state index in [0.29, 0.717) is 61.4 Å². The summed E-state index contributed by atoms with van der Waals surface area (Å²) in [6.45, 7) is 6.15. The first-order valence-corrected chi connectivity index (χ1v) is 12.8. The van der Waals surface area contributed by atoms with Crippen LogP contribution in [-0.2, 0) is 17.7 Å². The minimum atomic E-state index is -0.243. The molecule has 0 saturated carbocycles. The van der Waals surface area contributed by atoms with Crippen molar-refractivity contribution in [1.82, 2.24) is 20.2 Å². The molecule has 0 bridgehead atoms. The zero-order valence-electron chi connectivity index (χ0n) is 20.7. The summed E-state index contributed by atoms with van der Waals surface area (Å²) in [6.07, 6.45) is 0.637. The maximum atomic E-state index is 13.2. The molecule has 0 spiro atoms. The normalized spacial score (nSPS) is 15.2. The quantitative estimate of drug-likeness (QED) is 0.528. The number of hydrogen-bond acceptors (Lipinski definition) is 6. The van der Waals surface area contributed by atoms with Crippen LogP contribution in [0.4, 0.5) is 16.3 Å². The van der Waals surface area contributed by atoms with Gasteiger partial charge in [-0.15, -0.1) is 0 Å². The molecule has 1 saturated heterocycles. The van der Waals surface area contributed by atoms with Gasteiger partial charge in [-0.1, -0.05) is 11.6 Å². The van der Waals surface area contributed by atoms with Gasteiger partial charge in [-0.3, -0.25) is 4.79 Å². The molecule has 9 nitrogen and oxygen atoms in total. The summed E-state index contributed by atoms with van der Waals surface area (Å²) in [5, 5.41) is 6.13. The number of fused-ring (bicyclic) bond motifs is 1. The maximum absolute atomic E-state index is 13.2. The molecule has 2 N–H and O–H groups in total. The number of amides is 3. The molecular weight excluding hydrogens is 492 g/mol. The molecule has 37 heavy (non-hydrogen) atoms. The van der Waals surface area contributed by atoms with Crippen molar-refractivity contribution < 1.29 is 14.3 Å². The van der Waals surface area contributed by atoms with Crippen molar-refractivity contribution in [3.05, 3.63) is 70.4 Å². The van der Waals surface area contributed by atoms with Crippen molar-refractivity contribution in [1.29, 1.82) is 0 Å². The SMILES string of the molecule is CCNC(=O)Nc1ccc(-c2nc3c(c(N4CCOCC4)n2)CN(C(=O)c2ccc(Cl)cc2)CC3)cc1. The standard InChI is InChI=1S/C27H29ClN6O3/c1-2-29-27(36)30-21-9-5-18(6-10-21)24-31-23-11-12-34(26(35)19-3-7-20(28)8-4-19)17-22(23)25(32-24)33-13-15-37-16-14-33/h3-10H,2,11-17H2,1H3,(H2,29,30,36). The number of anilines is 2. The Hall–Kier alpha value is -3.69. The van der Waals surface area contributed by atoms with E-state index in [1.807, 2.05) is 36.1 Å². The van der Waals surface area contributed by atoms with Crippen LogP contribution >= 0.6 is 11.6 Å². The van der Waals surface area contributed by atoms with Gasteiger partial charge in [0, 0.05) is 60.0 Å². The van der Waals surface area contributed by atoms with Gasteiger partial charge in [-0.2, -0.15) is 0 Å². The lowest BCUT2D eigenvalue weighted by molar-refractivity contribution is 0.0733. The Morgan fingerprint density at radius 3 is 2.43 bits per heavy atom. The van der Waals surface area contributed by atoms with Crippen LogP contribution in [0.5, 0.6) is 0 Å². The molecule has 0 atom stereocenters. The fourth-order valence-electron chi connectivity index (χ4n) is 4.55. The fourth-order valence-corrected chi connectivity index (χ4v) is 4.68. The lowest BCUT2D eigenvalue weighted by Crippen LogP contribution is -2.41. The van der Waals surface area contributed by atoms with Gasteiger partial charge in [-0.25, -0.2) is 14.8 Å². The minimum absolute atomic E-state index is 0.0329. The number of ether oxygens (including phenoxy) is 1. The first-order chi connectivity index (χ1) is 18.0. The Labute approximate surface area is 220 Å². The third-order valence-electron chi connectivity index (χ3n) is 6.47. The van der Waals surface area contributed by atoms with Crippen molar-refractivity contribution in [2.24, 2.45) is 0 Å². The second-order valence-electron chi connectivity index (χ2n) is 8.94. The number of nitrogens with one attached hydrogen (secondary N) is 2. The molecule has 2 aliphatic heterocycles. The second-order valence-corrected chi connectivity index (χ2v) is 9.38. The number of hydrogen-bond donors (Lipinski definition) is 2. The van der Waals surface area contributed by atoms with Gasteiger partial charge in [0.1, 0.15) is 5.82 Å². The monoisotopic (exact) mass is 520 g/mol. The highest BCUT2D eigenvalue weighted by atomic mass is 35.5. The van der Waals surface area contributed by atoms with Crippen LogP contribution in [0.3, 0.4) is 0 Å². The predicted molar refractivity (Wildman–Crippen MR) is 143 cm³/mol. The molecule has 0 unspecified atom stereocenters. The molecule has 3 amide bonds. The Morgan fingerprint density at radius 1 is 1.00 bits per heavy atom. The van der Waals surface area contributed by atoms with E-state index in [2.05, 4.69) is 15.5 Å². The Morgan fingerprint density at radius 2 is 1.73 bits per heavy atom. The fraction of sp³-hybridized carbons (Fsp3) is 0.333. The van der Waals surface area contributed by atoms with Crippen molar-refractivity contribution >= 4 is 35.0 Å². The first-order valence-electron chi connectivity index (χ1n) is 12.4. The van der Waals surface area contributed by atoms with Crippen LogP contribution in [0.15, 0.2) is 48.5 Å². The number of morpholine rings is 1. The molecule has 5 rings (SSSR count). The van der Waals surface area contributed by atoms with Crippen LogP contribution in [0, 0.1) is 0 Å². The Bertz CT molecular complexity index is 1280. The van der Waals surface area contributed by atoms with Gasteiger partial charge >= 0.3 is 6.03 Å². The van der Waals surface area contributed by atoms with Crippen molar-refractivity contribution in [2.45, 2.75) is 19.9 Å². The summed E-state index contributed by atoms with van der Waals surface area (Å²) in [4.78, 5) is 39.0. The van der Waals surface area contributed by atoms with Gasteiger partial charge < -0.3 is 25.2 Å². The van der Waals surface area contributed by atoms with Crippen molar-refractivity contribution in [2.75, 3.05) is 49.6 Å². The molecule has 2 aliphatic rings. The van der Waals surface area contributed by atoms with Gasteiger partial charge in [-0.05, 0) is 55.5 Å². The summed E-state index contributed by atoms with van der Waals surface area (Å²) in [6, 6.07) is 14.2. The van der Waals surface area contributed by atoms with E-state index < -0.39 is 0 Å². The molecule has 1 aromatic heterocycles. The zero-order chi connectivity index (χ0) is 25.8. The van der Waals surface area contributed by atoms with Gasteiger partial charge in [0.05, 0.1) is 25.5 Å². The van der Waals surface area contributed by atoms with E-state index in [1.54, 1.807) is 24.3 Å². The van der Waals surface area contributed by atoms with E-state index in [4.69, 9.17) is 26.3 Å². The van der Waals surface area contributed by atoms with E-state index in [9.17, 15) is 9.59 Å². The summed E-state index contributed by atoms with van der Waals surface area (Å²) in [5.74, 6) is 1.44. The average molecular weight is 521 g/mol. The van der Waals surface area contributed by atoms with Crippen molar-refractivity contribution in [3.63, 3.8) is 0 Å². The second kappa shape index (κ2) is 11.1. The Balaban J connectivity index is 1.44. The van der Waals surface area contributed by atoms with Crippen LogP contribution in [0.25, 0.3) is 11.4 Å². The highest BCUT2D eigenvalue weighted by molar-refractivity contribution is 6.30. The van der Waals surface area contributed by atoms with Gasteiger partial charge in [0.25, 0.3) is 5.91 Å². The molecule has 2 aromatic carbocycles. The number of carbonyl (C=O) groups excluding carboxylic acids is 2. The third kappa shape index (κ3) is 5.68. The smallest absolute Gasteiger partial charge is 0.319 e. The van der Waals surface area contributed by atoms with Crippen LogP contribution < -0.4 is 15.5 Å². The summed E-state index contributed by atoms with van der Waals surface area (Å²) < 4.78 is 5.57. The summed E-state index contributed by atoms with van der Waals surface area (Å²) in [7, 11) is 0. The zero-order valence-corrected chi connectivity index (χ0v) is 21.4. The highest BCUT2D eigenvalue weighted by Crippen LogP contribution is 2.31. The molecule has 0 aliphatic carbocycles. The third-order valence-corrected chi connectivity index (χ3v) is 6.72. The first kappa shape index (κ1) is 25.0. The number of nitrogens with zero attached hydrogens (tertiary/aromatic N) is 4. The van der Waals surface area contributed by atoms with Crippen LogP contribution in [-0.4, -0.2) is 66.2 Å². The molecule has 3 aromatic rings. The molecule has 10 heteroatoms. The Kier molecular flexibility index (Phi) is 7.52. The van der Waals surface area contributed by atoms with Gasteiger partial charge in [0.2, 0.25) is 0 Å². The lowest BCUT2D eigenvalue weighted by Gasteiger charge is -2.34. The maximum Gasteiger partial charge on any atom is 0.319 e.